The summed E-state index contributed by atoms with van der Waals surface area (Å²) in [6, 6.07) is 7.52. The van der Waals surface area contributed by atoms with Gasteiger partial charge in [-0.2, -0.15) is 0 Å². The maximum atomic E-state index is 12.4. The molecule has 3 rings (SSSR count). The SMILES string of the molecule is CC(C)C[C@@H]1C(=O)N[C@H]([C@H](C)c2cn(C)c3ccccc23)C[N+]1=O. The number of aromatic nitrogens is 1. The third-order valence-electron chi connectivity index (χ3n) is 5.07. The molecule has 1 aliphatic heterocycles. The van der Waals surface area contributed by atoms with E-state index in [4.69, 9.17) is 0 Å². The lowest BCUT2D eigenvalue weighted by Gasteiger charge is -2.28. The van der Waals surface area contributed by atoms with Gasteiger partial charge in [-0.15, -0.1) is 0 Å². The molecule has 2 heterocycles. The zero-order chi connectivity index (χ0) is 17.4. The van der Waals surface area contributed by atoms with Crippen molar-refractivity contribution in [3.8, 4) is 0 Å². The van der Waals surface area contributed by atoms with Crippen LogP contribution in [0.1, 0.15) is 38.7 Å². The fourth-order valence-corrected chi connectivity index (χ4v) is 3.68. The second kappa shape index (κ2) is 6.38. The number of nitrogens with zero attached hydrogens (tertiary/aromatic N) is 2. The standard InChI is InChI=1S/C19H25N3O2/c1-12(2)9-18-19(23)20-16(11-22(18)24)13(3)15-10-21(4)17-8-6-5-7-14(15)17/h5-8,10,12-13,16,18H,9,11H2,1-4H3/p+1/t13-,16+,18-/m1/s1. The van der Waals surface area contributed by atoms with Crippen molar-refractivity contribution in [1.82, 2.24) is 9.88 Å². The normalized spacial score (nSPS) is 22.9. The van der Waals surface area contributed by atoms with Crippen LogP contribution in [0.5, 0.6) is 0 Å². The molecule has 1 fully saturated rings. The molecule has 0 spiro atoms. The lowest BCUT2D eigenvalue weighted by atomic mass is 9.90. The molecule has 0 unspecified atom stereocenters. The average Bonchev–Trinajstić information content (AvgIpc) is 2.87. The summed E-state index contributed by atoms with van der Waals surface area (Å²) in [5, 5.41) is 4.27. The van der Waals surface area contributed by atoms with Gasteiger partial charge in [0.2, 0.25) is 6.54 Å². The molecule has 0 aliphatic carbocycles. The van der Waals surface area contributed by atoms with Gasteiger partial charge < -0.3 is 9.88 Å². The quantitative estimate of drug-likeness (QED) is 0.877. The van der Waals surface area contributed by atoms with E-state index in [0.29, 0.717) is 18.9 Å². The number of rotatable bonds is 4. The second-order valence-corrected chi connectivity index (χ2v) is 7.36. The first-order valence-electron chi connectivity index (χ1n) is 8.66. The Labute approximate surface area is 142 Å². The highest BCUT2D eigenvalue weighted by Crippen LogP contribution is 2.30. The van der Waals surface area contributed by atoms with Crippen molar-refractivity contribution in [2.75, 3.05) is 6.54 Å². The van der Waals surface area contributed by atoms with Crippen LogP contribution in [0.25, 0.3) is 10.9 Å². The number of para-hydroxylation sites is 1. The Morgan fingerprint density at radius 2 is 2.00 bits per heavy atom. The first kappa shape index (κ1) is 16.7. The molecule has 2 aromatic rings. The number of nitrogens with one attached hydrogen (secondary N) is 1. The van der Waals surface area contributed by atoms with Gasteiger partial charge in [0.25, 0.3) is 11.9 Å². The lowest BCUT2D eigenvalue weighted by molar-refractivity contribution is -0.583. The number of aryl methyl sites for hydroxylation is 1. The monoisotopic (exact) mass is 328 g/mol. The van der Waals surface area contributed by atoms with E-state index in [2.05, 4.69) is 35.1 Å². The van der Waals surface area contributed by atoms with Crippen LogP contribution in [-0.2, 0) is 11.8 Å². The minimum Gasteiger partial charge on any atom is -0.350 e. The first-order chi connectivity index (χ1) is 11.4. The Kier molecular flexibility index (Phi) is 4.43. The highest BCUT2D eigenvalue weighted by Gasteiger charge is 2.44. The fraction of sp³-hybridized carbons (Fsp3) is 0.526. The number of amides is 1. The maximum Gasteiger partial charge on any atom is 0.293 e. The van der Waals surface area contributed by atoms with Crippen LogP contribution in [0, 0.1) is 10.8 Å². The van der Waals surface area contributed by atoms with Gasteiger partial charge >= 0.3 is 0 Å². The van der Waals surface area contributed by atoms with Gasteiger partial charge in [0, 0.05) is 46.2 Å². The van der Waals surface area contributed by atoms with Gasteiger partial charge in [-0.25, -0.2) is 0 Å². The molecular formula is C19H26N3O2+. The topological polar surface area (TPSA) is 54.1 Å². The number of hydrogen-bond acceptors (Lipinski definition) is 2. The van der Waals surface area contributed by atoms with Crippen molar-refractivity contribution in [3.05, 3.63) is 40.9 Å². The largest absolute Gasteiger partial charge is 0.350 e. The van der Waals surface area contributed by atoms with Gasteiger partial charge in [-0.3, -0.25) is 4.79 Å². The van der Waals surface area contributed by atoms with Crippen LogP contribution in [0.4, 0.5) is 0 Å². The van der Waals surface area contributed by atoms with E-state index in [1.165, 1.54) is 10.9 Å². The van der Waals surface area contributed by atoms with Crippen LogP contribution < -0.4 is 5.32 Å². The van der Waals surface area contributed by atoms with Crippen molar-refractivity contribution in [1.29, 1.82) is 0 Å². The number of nitroso groups, excluding NO2 is 1. The molecule has 0 saturated carbocycles. The molecule has 0 radical (unpaired) electrons. The number of piperazine rings is 1. The van der Waals surface area contributed by atoms with Crippen LogP contribution >= 0.6 is 0 Å². The molecule has 24 heavy (non-hydrogen) atoms. The number of fused-ring (bicyclic) bond motifs is 1. The zero-order valence-electron chi connectivity index (χ0n) is 14.8. The zero-order valence-corrected chi connectivity index (χ0v) is 14.8. The molecular weight excluding hydrogens is 302 g/mol. The number of carbonyl (C=O) groups is 1. The smallest absolute Gasteiger partial charge is 0.293 e. The summed E-state index contributed by atoms with van der Waals surface area (Å²) in [4.78, 5) is 24.8. The molecule has 1 aliphatic rings. The second-order valence-electron chi connectivity index (χ2n) is 7.36. The molecule has 1 aromatic heterocycles. The predicted octanol–water partition coefficient (Wildman–Crippen LogP) is 2.97. The van der Waals surface area contributed by atoms with Crippen molar-refractivity contribution in [2.24, 2.45) is 13.0 Å². The van der Waals surface area contributed by atoms with E-state index in [-0.39, 0.29) is 17.9 Å². The van der Waals surface area contributed by atoms with Crippen molar-refractivity contribution in [3.63, 3.8) is 0 Å². The highest BCUT2D eigenvalue weighted by atomic mass is 16.3. The van der Waals surface area contributed by atoms with Gasteiger partial charge in [0.15, 0.2) is 0 Å². The summed E-state index contributed by atoms with van der Waals surface area (Å²) in [6.07, 6.45) is 2.71. The molecule has 1 amide bonds. The third kappa shape index (κ3) is 2.95. The van der Waals surface area contributed by atoms with Gasteiger partial charge in [-0.05, 0) is 17.5 Å². The summed E-state index contributed by atoms with van der Waals surface area (Å²) in [6.45, 7) is 6.49. The Morgan fingerprint density at radius 1 is 1.29 bits per heavy atom. The Bertz CT molecular complexity index is 760. The number of benzene rings is 1. The van der Waals surface area contributed by atoms with Crippen LogP contribution in [-0.4, -0.2) is 33.9 Å². The third-order valence-corrected chi connectivity index (χ3v) is 5.07. The summed E-state index contributed by atoms with van der Waals surface area (Å²) in [5.41, 5.74) is 2.34. The number of carbonyl (C=O) groups excluding carboxylic acids is 1. The molecule has 5 heteroatoms. The molecule has 1 N–H and O–H groups in total. The van der Waals surface area contributed by atoms with Crippen molar-refractivity contribution in [2.45, 2.75) is 45.2 Å². The van der Waals surface area contributed by atoms with Gasteiger partial charge in [0.05, 0.1) is 6.04 Å². The van der Waals surface area contributed by atoms with Crippen molar-refractivity contribution >= 4 is 16.8 Å². The highest BCUT2D eigenvalue weighted by molar-refractivity contribution is 5.85. The van der Waals surface area contributed by atoms with E-state index in [1.54, 1.807) is 0 Å². The number of hydrogen-bond donors (Lipinski definition) is 1. The summed E-state index contributed by atoms with van der Waals surface area (Å²) < 4.78 is 3.08. The Balaban J connectivity index is 1.84. The molecule has 0 bridgehead atoms. The van der Waals surface area contributed by atoms with Crippen molar-refractivity contribution < 1.29 is 9.55 Å². The molecule has 5 nitrogen and oxygen atoms in total. The first-order valence-corrected chi connectivity index (χ1v) is 8.66. The van der Waals surface area contributed by atoms with Crippen LogP contribution in [0.2, 0.25) is 0 Å². The maximum absolute atomic E-state index is 12.4. The average molecular weight is 328 g/mol. The fourth-order valence-electron chi connectivity index (χ4n) is 3.68. The Morgan fingerprint density at radius 3 is 2.67 bits per heavy atom. The molecule has 128 valence electrons. The minimum atomic E-state index is -0.555. The summed E-state index contributed by atoms with van der Waals surface area (Å²) >= 11 is 0. The van der Waals surface area contributed by atoms with E-state index in [0.717, 1.165) is 10.3 Å². The van der Waals surface area contributed by atoms with Crippen LogP contribution in [0.3, 0.4) is 0 Å². The predicted molar refractivity (Wildman–Crippen MR) is 95.0 cm³/mol. The van der Waals surface area contributed by atoms with Gasteiger partial charge in [-0.1, -0.05) is 39.0 Å². The van der Waals surface area contributed by atoms with Crippen LogP contribution in [0.15, 0.2) is 30.5 Å². The molecule has 1 saturated heterocycles. The van der Waals surface area contributed by atoms with E-state index < -0.39 is 6.04 Å². The minimum absolute atomic E-state index is 0.0801. The van der Waals surface area contributed by atoms with E-state index >= 15 is 0 Å². The summed E-state index contributed by atoms with van der Waals surface area (Å²) in [7, 11) is 2.02. The van der Waals surface area contributed by atoms with Gasteiger partial charge in [0.1, 0.15) is 0 Å². The molecule has 1 aromatic carbocycles. The Hall–Kier alpha value is -2.17. The molecule has 3 atom stereocenters. The van der Waals surface area contributed by atoms with E-state index in [1.807, 2.05) is 33.0 Å². The van der Waals surface area contributed by atoms with E-state index in [9.17, 15) is 9.70 Å². The lowest BCUT2D eigenvalue weighted by Crippen LogP contribution is -2.57. The summed E-state index contributed by atoms with van der Waals surface area (Å²) in [5.74, 6) is 0.266.